The molecule has 21 heavy (non-hydrogen) atoms. The van der Waals surface area contributed by atoms with Gasteiger partial charge in [0, 0.05) is 23.9 Å². The van der Waals surface area contributed by atoms with Gasteiger partial charge in [-0.2, -0.15) is 0 Å². The van der Waals surface area contributed by atoms with E-state index < -0.39 is 0 Å². The van der Waals surface area contributed by atoms with Gasteiger partial charge in [-0.25, -0.2) is 14.4 Å². The van der Waals surface area contributed by atoms with Crippen molar-refractivity contribution in [1.82, 2.24) is 9.97 Å². The second-order valence-electron chi connectivity index (χ2n) is 5.85. The first-order chi connectivity index (χ1) is 10.2. The van der Waals surface area contributed by atoms with E-state index in [0.29, 0.717) is 23.0 Å². The van der Waals surface area contributed by atoms with Crippen LogP contribution in [0.3, 0.4) is 0 Å². The van der Waals surface area contributed by atoms with Crippen molar-refractivity contribution in [3.8, 4) is 0 Å². The van der Waals surface area contributed by atoms with Gasteiger partial charge in [0.15, 0.2) is 0 Å². The highest BCUT2D eigenvalue weighted by molar-refractivity contribution is 6.29. The van der Waals surface area contributed by atoms with Gasteiger partial charge in [0.1, 0.15) is 22.6 Å². The van der Waals surface area contributed by atoms with Crippen molar-refractivity contribution in [3.05, 3.63) is 52.7 Å². The van der Waals surface area contributed by atoms with Crippen LogP contribution in [0.2, 0.25) is 5.15 Å². The van der Waals surface area contributed by atoms with Gasteiger partial charge < -0.3 is 5.32 Å². The molecule has 0 spiro atoms. The fourth-order valence-electron chi connectivity index (χ4n) is 2.66. The van der Waals surface area contributed by atoms with E-state index in [0.717, 1.165) is 36.5 Å². The molecule has 0 bridgehead atoms. The molecule has 2 aromatic rings. The van der Waals surface area contributed by atoms with Crippen molar-refractivity contribution in [1.29, 1.82) is 0 Å². The Kier molecular flexibility index (Phi) is 3.07. The van der Waals surface area contributed by atoms with Crippen LogP contribution in [0.1, 0.15) is 42.5 Å². The van der Waals surface area contributed by atoms with Crippen molar-refractivity contribution < 1.29 is 4.39 Å². The lowest BCUT2D eigenvalue weighted by Crippen LogP contribution is -2.08. The van der Waals surface area contributed by atoms with Gasteiger partial charge in [0.05, 0.1) is 0 Å². The lowest BCUT2D eigenvalue weighted by Gasteiger charge is -2.07. The molecule has 108 valence electrons. The van der Waals surface area contributed by atoms with Crippen LogP contribution < -0.4 is 5.32 Å². The number of hydrogen-bond acceptors (Lipinski definition) is 3. The third-order valence-corrected chi connectivity index (χ3v) is 4.27. The van der Waals surface area contributed by atoms with Crippen molar-refractivity contribution in [2.45, 2.75) is 37.1 Å². The number of benzene rings is 1. The fraction of sp³-hybridized carbons (Fsp3) is 0.375. The minimum atomic E-state index is -0.194. The minimum absolute atomic E-state index is 0.194. The number of halogens is 2. The van der Waals surface area contributed by atoms with Crippen LogP contribution in [0.4, 0.5) is 10.2 Å². The van der Waals surface area contributed by atoms with Crippen LogP contribution >= 0.6 is 11.6 Å². The van der Waals surface area contributed by atoms with Gasteiger partial charge in [-0.05, 0) is 37.0 Å². The highest BCUT2D eigenvalue weighted by Crippen LogP contribution is 2.43. The Bertz CT molecular complexity index is 670. The number of rotatable bonds is 4. The zero-order valence-corrected chi connectivity index (χ0v) is 12.1. The van der Waals surface area contributed by atoms with Gasteiger partial charge >= 0.3 is 0 Å². The lowest BCUT2D eigenvalue weighted by atomic mass is 10.1. The molecule has 0 aliphatic heterocycles. The van der Waals surface area contributed by atoms with Crippen molar-refractivity contribution in [2.24, 2.45) is 0 Å². The maximum Gasteiger partial charge on any atom is 0.135 e. The molecule has 1 aromatic heterocycles. The second-order valence-corrected chi connectivity index (χ2v) is 6.24. The van der Waals surface area contributed by atoms with Crippen LogP contribution in [0.5, 0.6) is 0 Å². The van der Waals surface area contributed by atoms with Crippen molar-refractivity contribution in [3.63, 3.8) is 0 Å². The van der Waals surface area contributed by atoms with Gasteiger partial charge in [0.25, 0.3) is 0 Å². The largest absolute Gasteiger partial charge is 0.367 e. The van der Waals surface area contributed by atoms with E-state index in [1.54, 1.807) is 6.07 Å². The number of nitrogens with one attached hydrogen (secondary N) is 1. The van der Waals surface area contributed by atoms with Gasteiger partial charge in [-0.1, -0.05) is 23.7 Å². The summed E-state index contributed by atoms with van der Waals surface area (Å²) in [5.74, 6) is 2.36. The second kappa shape index (κ2) is 4.95. The molecule has 2 fully saturated rings. The Morgan fingerprint density at radius 3 is 2.62 bits per heavy atom. The molecule has 0 amide bonds. The molecule has 0 saturated heterocycles. The first kappa shape index (κ1) is 13.0. The molecule has 5 heteroatoms. The topological polar surface area (TPSA) is 37.8 Å². The summed E-state index contributed by atoms with van der Waals surface area (Å²) in [4.78, 5) is 8.83. The Morgan fingerprint density at radius 2 is 1.90 bits per heavy atom. The van der Waals surface area contributed by atoms with Gasteiger partial charge in [-0.15, -0.1) is 0 Å². The lowest BCUT2D eigenvalue weighted by molar-refractivity contribution is 0.627. The van der Waals surface area contributed by atoms with Crippen molar-refractivity contribution in [2.75, 3.05) is 5.32 Å². The van der Waals surface area contributed by atoms with Gasteiger partial charge in [-0.3, -0.25) is 0 Å². The first-order valence-electron chi connectivity index (χ1n) is 7.25. The van der Waals surface area contributed by atoms with Crippen LogP contribution in [0.25, 0.3) is 0 Å². The van der Waals surface area contributed by atoms with Crippen LogP contribution in [-0.2, 0) is 0 Å². The highest BCUT2D eigenvalue weighted by atomic mass is 35.5. The Hall–Kier alpha value is -1.68. The number of nitrogens with zero attached hydrogens (tertiary/aromatic N) is 2. The normalized spacial score (nSPS) is 23.9. The maximum absolute atomic E-state index is 12.9. The monoisotopic (exact) mass is 303 g/mol. The van der Waals surface area contributed by atoms with E-state index in [1.807, 2.05) is 12.1 Å². The highest BCUT2D eigenvalue weighted by Gasteiger charge is 2.39. The molecule has 2 atom stereocenters. The molecule has 2 aliphatic rings. The standard InChI is InChI=1S/C16H15ClFN3/c17-14-8-15(21-16(20-14)10-1-2-10)19-13-7-12(13)9-3-5-11(18)6-4-9/h3-6,8,10,12-13H,1-2,7H2,(H,19,20,21)/t12-,13+/m0/s1. The predicted octanol–water partition coefficient (Wildman–Crippen LogP) is 4.11. The summed E-state index contributed by atoms with van der Waals surface area (Å²) in [6.07, 6.45) is 3.34. The van der Waals surface area contributed by atoms with Crippen LogP contribution in [0.15, 0.2) is 30.3 Å². The molecule has 0 radical (unpaired) electrons. The fourth-order valence-corrected chi connectivity index (χ4v) is 2.85. The van der Waals surface area contributed by atoms with E-state index in [1.165, 1.54) is 12.1 Å². The molecule has 4 rings (SSSR count). The SMILES string of the molecule is Fc1ccc([C@@H]2C[C@H]2Nc2cc(Cl)nc(C3CC3)n2)cc1. The van der Waals surface area contributed by atoms with Crippen molar-refractivity contribution >= 4 is 17.4 Å². The zero-order chi connectivity index (χ0) is 14.4. The van der Waals surface area contributed by atoms with E-state index in [4.69, 9.17) is 11.6 Å². The Balaban J connectivity index is 1.46. The molecular weight excluding hydrogens is 289 g/mol. The third kappa shape index (κ3) is 2.86. The average molecular weight is 304 g/mol. The third-order valence-electron chi connectivity index (χ3n) is 4.08. The molecule has 1 heterocycles. The molecular formula is C16H15ClFN3. The summed E-state index contributed by atoms with van der Waals surface area (Å²) in [7, 11) is 0. The van der Waals surface area contributed by atoms with Crippen LogP contribution in [-0.4, -0.2) is 16.0 Å². The average Bonchev–Trinajstić information content (AvgIpc) is 3.33. The summed E-state index contributed by atoms with van der Waals surface area (Å²) in [5, 5.41) is 3.91. The number of hydrogen-bond donors (Lipinski definition) is 1. The van der Waals surface area contributed by atoms with E-state index in [2.05, 4.69) is 15.3 Å². The molecule has 2 saturated carbocycles. The smallest absolute Gasteiger partial charge is 0.135 e. The number of anilines is 1. The van der Waals surface area contributed by atoms with Crippen LogP contribution in [0, 0.1) is 5.82 Å². The molecule has 2 aliphatic carbocycles. The molecule has 3 nitrogen and oxygen atoms in total. The summed E-state index contributed by atoms with van der Waals surface area (Å²) in [6.45, 7) is 0. The Labute approximate surface area is 127 Å². The Morgan fingerprint density at radius 1 is 1.14 bits per heavy atom. The zero-order valence-electron chi connectivity index (χ0n) is 11.4. The summed E-state index contributed by atoms with van der Waals surface area (Å²) >= 11 is 6.06. The van der Waals surface area contributed by atoms with E-state index in [-0.39, 0.29) is 5.82 Å². The molecule has 0 unspecified atom stereocenters. The van der Waals surface area contributed by atoms with Gasteiger partial charge in [0.2, 0.25) is 0 Å². The maximum atomic E-state index is 12.9. The quantitative estimate of drug-likeness (QED) is 0.864. The summed E-state index contributed by atoms with van der Waals surface area (Å²) in [5.41, 5.74) is 1.16. The minimum Gasteiger partial charge on any atom is -0.367 e. The van der Waals surface area contributed by atoms with E-state index in [9.17, 15) is 4.39 Å². The molecule has 1 N–H and O–H groups in total. The first-order valence-corrected chi connectivity index (χ1v) is 7.63. The van der Waals surface area contributed by atoms with E-state index >= 15 is 0 Å². The summed E-state index contributed by atoms with van der Waals surface area (Å²) in [6, 6.07) is 8.84. The molecule has 1 aromatic carbocycles. The summed E-state index contributed by atoms with van der Waals surface area (Å²) < 4.78 is 12.9. The number of aromatic nitrogens is 2. The predicted molar refractivity (Wildman–Crippen MR) is 80.2 cm³/mol.